The molecule has 0 heterocycles. The summed E-state index contributed by atoms with van der Waals surface area (Å²) >= 11 is 0. The zero-order valence-electron chi connectivity index (χ0n) is 28.7. The van der Waals surface area contributed by atoms with Crippen molar-refractivity contribution >= 4 is 24.1 Å². The van der Waals surface area contributed by atoms with Crippen molar-refractivity contribution in [3.8, 4) is 0 Å². The number of carbonyl (C=O) groups excluding carboxylic acids is 3. The van der Waals surface area contributed by atoms with Crippen molar-refractivity contribution in [3.05, 3.63) is 23.8 Å². The van der Waals surface area contributed by atoms with E-state index in [9.17, 15) is 19.2 Å². The summed E-state index contributed by atoms with van der Waals surface area (Å²) in [4.78, 5) is 46.6. The fraction of sp³-hybridized carbons (Fsp3) is 0.765. The van der Waals surface area contributed by atoms with E-state index in [2.05, 4.69) is 55.0 Å². The molecule has 0 aromatic rings. The van der Waals surface area contributed by atoms with E-state index in [1.54, 1.807) is 13.0 Å². The fourth-order valence-electron chi connectivity index (χ4n) is 6.11. The van der Waals surface area contributed by atoms with Crippen LogP contribution in [0.15, 0.2) is 23.8 Å². The number of carboxylic acids is 1. The number of aliphatic carboxylic acids is 1. The van der Waals surface area contributed by atoms with Crippen molar-refractivity contribution in [1.82, 2.24) is 0 Å². The maximum Gasteiger partial charge on any atom is 0.404 e. The Morgan fingerprint density at radius 1 is 0.864 bits per heavy atom. The molecule has 0 saturated heterocycles. The van der Waals surface area contributed by atoms with Gasteiger partial charge in [-0.1, -0.05) is 67.5 Å². The van der Waals surface area contributed by atoms with Gasteiger partial charge in [-0.15, -0.1) is 0 Å². The second-order valence-corrected chi connectivity index (χ2v) is 14.1. The Kier molecular flexibility index (Phi) is 18.0. The topological polar surface area (TPSA) is 168 Å². The summed E-state index contributed by atoms with van der Waals surface area (Å²) in [6.07, 6.45) is 5.05. The van der Waals surface area contributed by atoms with Crippen LogP contribution in [0.1, 0.15) is 120 Å². The van der Waals surface area contributed by atoms with Crippen molar-refractivity contribution in [2.24, 2.45) is 40.1 Å². The van der Waals surface area contributed by atoms with E-state index < -0.39 is 36.3 Å². The van der Waals surface area contributed by atoms with E-state index in [-0.39, 0.29) is 41.3 Å². The number of amides is 2. The van der Waals surface area contributed by atoms with Crippen molar-refractivity contribution in [1.29, 1.82) is 0 Å². The Balaban J connectivity index is 5.61. The van der Waals surface area contributed by atoms with Gasteiger partial charge in [0.25, 0.3) is 0 Å². The summed E-state index contributed by atoms with van der Waals surface area (Å²) < 4.78 is 16.4. The van der Waals surface area contributed by atoms with Gasteiger partial charge in [0.1, 0.15) is 12.2 Å². The number of hydrogen-bond acceptors (Lipinski definition) is 7. The predicted octanol–water partition coefficient (Wildman–Crippen LogP) is 7.54. The maximum absolute atomic E-state index is 12.0. The van der Waals surface area contributed by atoms with Crippen molar-refractivity contribution in [2.45, 2.75) is 132 Å². The molecule has 0 rings (SSSR count). The van der Waals surface area contributed by atoms with Crippen LogP contribution in [0.2, 0.25) is 0 Å². The zero-order chi connectivity index (χ0) is 34.3. The fourth-order valence-corrected chi connectivity index (χ4v) is 6.11. The first kappa shape index (κ1) is 41.0. The maximum atomic E-state index is 12.0. The van der Waals surface area contributed by atoms with E-state index in [1.165, 1.54) is 6.92 Å². The highest BCUT2D eigenvalue weighted by molar-refractivity contribution is 5.87. The van der Waals surface area contributed by atoms with Crippen LogP contribution in [-0.4, -0.2) is 48.0 Å². The molecule has 0 aromatic carbocycles. The molecule has 254 valence electrons. The van der Waals surface area contributed by atoms with Crippen molar-refractivity contribution in [3.63, 3.8) is 0 Å². The lowest BCUT2D eigenvalue weighted by atomic mass is 9.69. The van der Waals surface area contributed by atoms with Crippen LogP contribution >= 0.6 is 0 Å². The molecular weight excluding hydrogens is 564 g/mol. The lowest BCUT2D eigenvalue weighted by Crippen LogP contribution is -2.34. The molecule has 0 aliphatic rings. The summed E-state index contributed by atoms with van der Waals surface area (Å²) in [5, 5.41) is 9.16. The van der Waals surface area contributed by atoms with Gasteiger partial charge in [-0.3, -0.25) is 0 Å². The van der Waals surface area contributed by atoms with E-state index in [0.717, 1.165) is 25.7 Å². The van der Waals surface area contributed by atoms with Gasteiger partial charge in [-0.25, -0.2) is 19.2 Å². The van der Waals surface area contributed by atoms with E-state index in [1.807, 2.05) is 0 Å². The van der Waals surface area contributed by atoms with Gasteiger partial charge in [0.15, 0.2) is 0 Å². The molecule has 0 aliphatic carbocycles. The number of esters is 1. The largest absolute Gasteiger partial charge is 0.478 e. The minimum atomic E-state index is -1.03. The zero-order valence-corrected chi connectivity index (χ0v) is 28.7. The number of carbonyl (C=O) groups is 4. The number of primary amides is 2. The summed E-state index contributed by atoms with van der Waals surface area (Å²) in [7, 11) is 0. The predicted molar refractivity (Wildman–Crippen MR) is 173 cm³/mol. The molecule has 0 spiro atoms. The number of rotatable bonds is 22. The first-order chi connectivity index (χ1) is 20.2. The Labute approximate surface area is 265 Å². The van der Waals surface area contributed by atoms with Gasteiger partial charge >= 0.3 is 24.1 Å². The van der Waals surface area contributed by atoms with Crippen molar-refractivity contribution in [2.75, 3.05) is 6.61 Å². The minimum Gasteiger partial charge on any atom is -0.478 e. The average Bonchev–Trinajstić information content (AvgIpc) is 2.87. The molecule has 0 saturated carbocycles. The minimum absolute atomic E-state index is 0.0964. The summed E-state index contributed by atoms with van der Waals surface area (Å²) in [6, 6.07) is 0. The van der Waals surface area contributed by atoms with E-state index >= 15 is 0 Å². The summed E-state index contributed by atoms with van der Waals surface area (Å²) in [6.45, 7) is 22.1. The third kappa shape index (κ3) is 17.9. The Bertz CT molecular complexity index is 988. The average molecular weight is 625 g/mol. The van der Waals surface area contributed by atoms with Crippen LogP contribution in [-0.2, 0) is 23.8 Å². The SMILES string of the molecule is C=C(C)C(=O)OCCC(CC(CCC(C)CC(C)(C)CC(CC=C(C)C(=O)O)OC(N)=O)OC(N)=O)C(C)(C)CC(C)CC. The van der Waals surface area contributed by atoms with Gasteiger partial charge in [-0.05, 0) is 87.4 Å². The normalized spacial score (nSPS) is 15.8. The van der Waals surface area contributed by atoms with Crippen LogP contribution < -0.4 is 11.5 Å². The first-order valence-corrected chi connectivity index (χ1v) is 15.8. The second kappa shape index (κ2) is 19.4. The second-order valence-electron chi connectivity index (χ2n) is 14.1. The van der Waals surface area contributed by atoms with E-state index in [4.69, 9.17) is 30.8 Å². The monoisotopic (exact) mass is 624 g/mol. The van der Waals surface area contributed by atoms with Crippen LogP contribution in [0.4, 0.5) is 9.59 Å². The number of hydrogen-bond donors (Lipinski definition) is 3. The molecule has 2 amide bonds. The third-order valence-electron chi connectivity index (χ3n) is 8.52. The van der Waals surface area contributed by atoms with Gasteiger partial charge < -0.3 is 30.8 Å². The molecule has 5 atom stereocenters. The van der Waals surface area contributed by atoms with Gasteiger partial charge in [0.05, 0.1) is 6.61 Å². The molecule has 5 N–H and O–H groups in total. The standard InChI is InChI=1S/C34H60N2O8/c1-11-23(4)20-34(9,10)26(16-17-42-30(39)22(2)3)18-27(43-31(35)40)14-12-24(5)19-33(7,8)21-28(44-32(36)41)15-13-25(6)29(37)38/h13,23-24,26-28H,2,11-12,14-21H2,1,3-10H3,(H2,35,40)(H2,36,41)(H,37,38). The van der Waals surface area contributed by atoms with Crippen molar-refractivity contribution < 1.29 is 38.5 Å². The lowest BCUT2D eigenvalue weighted by molar-refractivity contribution is -0.139. The van der Waals surface area contributed by atoms with Gasteiger partial charge in [-0.2, -0.15) is 0 Å². The molecule has 0 aromatic heterocycles. The van der Waals surface area contributed by atoms with Crippen LogP contribution in [0.25, 0.3) is 0 Å². The lowest BCUT2D eigenvalue weighted by Gasteiger charge is -2.38. The molecular formula is C34H60N2O8. The van der Waals surface area contributed by atoms with Crippen LogP contribution in [0.3, 0.4) is 0 Å². The first-order valence-electron chi connectivity index (χ1n) is 15.8. The van der Waals surface area contributed by atoms with Gasteiger partial charge in [0, 0.05) is 17.6 Å². The molecule has 10 heteroatoms. The highest BCUT2D eigenvalue weighted by Gasteiger charge is 2.34. The number of ether oxygens (including phenoxy) is 3. The van der Waals surface area contributed by atoms with Gasteiger partial charge in [0.2, 0.25) is 0 Å². The number of nitrogens with two attached hydrogens (primary N) is 2. The Morgan fingerprint density at radius 3 is 1.93 bits per heavy atom. The molecule has 0 aliphatic heterocycles. The molecule has 0 bridgehead atoms. The van der Waals surface area contributed by atoms with Crippen LogP contribution in [0.5, 0.6) is 0 Å². The highest BCUT2D eigenvalue weighted by atomic mass is 16.6. The Hall–Kier alpha value is -3.04. The Morgan fingerprint density at radius 2 is 1.43 bits per heavy atom. The summed E-state index contributed by atoms with van der Waals surface area (Å²) in [5.74, 6) is -0.588. The molecule has 44 heavy (non-hydrogen) atoms. The number of carboxylic acid groups (broad SMARTS) is 1. The summed E-state index contributed by atoms with van der Waals surface area (Å²) in [5.41, 5.74) is 11.0. The highest BCUT2D eigenvalue weighted by Crippen LogP contribution is 2.41. The quantitative estimate of drug-likeness (QED) is 0.0630. The third-order valence-corrected chi connectivity index (χ3v) is 8.52. The smallest absolute Gasteiger partial charge is 0.404 e. The molecule has 0 fully saturated rings. The molecule has 5 unspecified atom stereocenters. The molecule has 0 radical (unpaired) electrons. The molecule has 10 nitrogen and oxygen atoms in total. The van der Waals surface area contributed by atoms with E-state index in [0.29, 0.717) is 37.2 Å². The van der Waals surface area contributed by atoms with Crippen LogP contribution in [0, 0.1) is 28.6 Å².